The molecule has 0 saturated heterocycles. The molecule has 0 bridgehead atoms. The molecule has 642 valence electrons. The van der Waals surface area contributed by atoms with Crippen LogP contribution < -0.4 is 31.7 Å². The molecule has 0 amide bonds. The molecular formula is C90H81N21O10S6. The van der Waals surface area contributed by atoms with E-state index < -0.39 is 27.9 Å². The number of hydrogen-bond donors (Lipinski definition) is 9. The van der Waals surface area contributed by atoms with E-state index in [1.807, 2.05) is 100 Å². The third kappa shape index (κ3) is 20.8. The zero-order chi connectivity index (χ0) is 89.1. The van der Waals surface area contributed by atoms with Gasteiger partial charge in [-0.1, -0.05) is 42.5 Å². The number of rotatable bonds is 18. The quantitative estimate of drug-likeness (QED) is 0.0385. The highest BCUT2D eigenvalue weighted by Gasteiger charge is 2.31. The van der Waals surface area contributed by atoms with Gasteiger partial charge < -0.3 is 41.9 Å². The van der Waals surface area contributed by atoms with Crippen LogP contribution in [0.15, 0.2) is 145 Å². The summed E-state index contributed by atoms with van der Waals surface area (Å²) in [6, 6.07) is 33.9. The fraction of sp³-hybridized carbons (Fsp3) is 0.222. The highest BCUT2D eigenvalue weighted by atomic mass is 32.2. The lowest BCUT2D eigenvalue weighted by Gasteiger charge is -2.15. The van der Waals surface area contributed by atoms with Gasteiger partial charge in [-0.15, -0.1) is 56.7 Å². The van der Waals surface area contributed by atoms with Crippen LogP contribution in [0.1, 0.15) is 143 Å². The minimum Gasteiger partial charge on any atom is -0.476 e. The molecule has 0 radical (unpaired) electrons. The normalized spacial score (nSPS) is 12.5. The molecule has 127 heavy (non-hydrogen) atoms. The lowest BCUT2D eigenvalue weighted by molar-refractivity contribution is -0.117. The molecule has 0 fully saturated rings. The second-order valence-corrected chi connectivity index (χ2v) is 37.7. The first kappa shape index (κ1) is 86.8. The van der Waals surface area contributed by atoms with Gasteiger partial charge in [-0.2, -0.15) is 0 Å². The largest absolute Gasteiger partial charge is 0.476 e. The van der Waals surface area contributed by atoms with Crippen molar-refractivity contribution in [3.05, 3.63) is 255 Å². The maximum atomic E-state index is 11.5. The molecule has 0 saturated carbocycles. The van der Waals surface area contributed by atoms with E-state index >= 15 is 0 Å². The van der Waals surface area contributed by atoms with Gasteiger partial charge in [0.05, 0.1) is 96.2 Å². The Bertz CT molecular complexity index is 6960. The number of carboxylic acid groups (broad SMARTS) is 3. The second kappa shape index (κ2) is 37.2. The molecule has 5 aromatic carbocycles. The van der Waals surface area contributed by atoms with E-state index in [1.165, 1.54) is 56.3 Å². The zero-order valence-electron chi connectivity index (χ0n) is 69.7. The van der Waals surface area contributed by atoms with Crippen LogP contribution in [0.25, 0.3) is 52.9 Å². The van der Waals surface area contributed by atoms with Gasteiger partial charge in [0.1, 0.15) is 11.6 Å². The first-order valence-electron chi connectivity index (χ1n) is 40.2. The lowest BCUT2D eigenvalue weighted by atomic mass is 10.00. The predicted octanol–water partition coefficient (Wildman–Crippen LogP) is 17.1. The van der Waals surface area contributed by atoms with Crippen molar-refractivity contribution in [2.24, 2.45) is 5.14 Å². The van der Waals surface area contributed by atoms with Crippen molar-refractivity contribution in [1.29, 1.82) is 0 Å². The van der Waals surface area contributed by atoms with E-state index in [2.05, 4.69) is 136 Å². The highest BCUT2D eigenvalue weighted by Crippen LogP contribution is 2.43. The van der Waals surface area contributed by atoms with Gasteiger partial charge in [-0.25, -0.2) is 103 Å². The molecule has 37 heteroatoms. The average Bonchev–Trinajstić information content (AvgIpc) is 1.69. The van der Waals surface area contributed by atoms with Crippen LogP contribution in [0.4, 0.5) is 58.2 Å². The van der Waals surface area contributed by atoms with Crippen LogP contribution in [0.2, 0.25) is 0 Å². The van der Waals surface area contributed by atoms with E-state index in [0.717, 1.165) is 199 Å². The van der Waals surface area contributed by atoms with Crippen molar-refractivity contribution in [1.82, 2.24) is 74.8 Å². The smallest absolute Gasteiger partial charge is 0.365 e. The first-order chi connectivity index (χ1) is 61.0. The number of nitrogens with two attached hydrogens (primary N) is 1. The Labute approximate surface area is 748 Å². The summed E-state index contributed by atoms with van der Waals surface area (Å²) in [6.07, 6.45) is 18.0. The number of aromatic carboxylic acids is 3. The summed E-state index contributed by atoms with van der Waals surface area (Å²) in [4.78, 5) is 128. The summed E-state index contributed by atoms with van der Waals surface area (Å²) in [5.41, 5.74) is 24.9. The predicted molar refractivity (Wildman–Crippen MR) is 491 cm³/mol. The Hall–Kier alpha value is -13.7. The van der Waals surface area contributed by atoms with E-state index in [4.69, 9.17) is 20.2 Å². The van der Waals surface area contributed by atoms with Crippen molar-refractivity contribution < 1.29 is 47.7 Å². The number of aromatic nitrogens is 15. The van der Waals surface area contributed by atoms with E-state index in [9.17, 15) is 42.6 Å². The SMILES string of the molecule is CC(=O)Cc1cccc(Nc2ncc3c(n2)-c2sc(C(=O)O)nc2CC3)c1.CC(=O)Cc1cccc(Nc2ncc3c(n2)-c2sc(C)nc2CC3)c1.Cc1cc(C)cc(Nc2ncc3c(n2)-c2sc(C(=O)O)nc2CC3)c1.Cc1cc(C)cc(Nc2ncc3c(n2)-c2sc(C)nc2CC3)c1.NS(=O)(=O)c1cccc(Nc2ncc3c(n2)-c2sc(C(=O)O)nc2CC3)c1. The topological polar surface area (TPSA) is 460 Å². The Balaban J connectivity index is 0.000000117. The molecule has 15 aromatic rings. The average molecular weight is 1810 g/mol. The Morgan fingerprint density at radius 3 is 0.890 bits per heavy atom. The van der Waals surface area contributed by atoms with E-state index in [0.29, 0.717) is 73.0 Å². The van der Waals surface area contributed by atoms with Crippen LogP contribution in [0, 0.1) is 41.5 Å². The van der Waals surface area contributed by atoms with Crippen LogP contribution in [-0.4, -0.2) is 128 Å². The Morgan fingerprint density at radius 1 is 0.339 bits per heavy atom. The van der Waals surface area contributed by atoms with Gasteiger partial charge >= 0.3 is 17.9 Å². The lowest BCUT2D eigenvalue weighted by Crippen LogP contribution is -2.12. The summed E-state index contributed by atoms with van der Waals surface area (Å²) >= 11 is 6.82. The van der Waals surface area contributed by atoms with E-state index in [1.54, 1.807) is 61.0 Å². The number of Topliss-reactive ketones (excluding diaryl/α,β-unsaturated/α-hetero) is 2. The summed E-state index contributed by atoms with van der Waals surface area (Å²) in [7, 11) is -3.82. The second-order valence-electron chi connectivity index (χ2n) is 30.8. The molecule has 10 N–H and O–H groups in total. The molecule has 5 aliphatic rings. The molecule has 0 spiro atoms. The Kier molecular flexibility index (Phi) is 25.5. The number of fused-ring (bicyclic) bond motifs is 15. The summed E-state index contributed by atoms with van der Waals surface area (Å²) in [6.45, 7) is 15.5. The number of primary sulfonamides is 1. The third-order valence-electron chi connectivity index (χ3n) is 20.4. The standard InChI is InChI=1S/C19H16N4O3S.C19H18N4OS.C18H16N4O2S.C18H18N4S.C16H13N5O4S2/c1-10(24)7-11-3-2-4-13(8-11)21-19-20-9-12-5-6-14-16(15(12)23-19)27-17(22-14)18(25)26;1-11(24)8-13-4-3-5-15(9-13)22-19-20-10-14-6-7-16-18(17(14)23-19)25-12(2)21-16;1-9-5-10(2)7-12(6-9)20-18-19-8-11-3-4-13-15(14(11)22-18)25-16(21-13)17(23)24;1-10-6-11(2)8-14(7-10)21-18-19-9-13-4-5-15-17(16(13)22-18)23-12(3)20-15;17-27(24,25)10-3-1-2-9(6-10)19-16-18-7-8-4-5-11-13(12(8)21-16)26-14(20-11)15(22)23/h2-4,8-9H,5-7H2,1H3,(H,25,26)(H,20,21,23);3-5,9-10H,6-8H2,1-2H3,(H,20,22,23);5-8H,3-4H2,1-2H3,(H,23,24)(H,19,20,22);6-9H,4-5H2,1-3H3,(H,19,21,22);1-3,6-7H,4-5H2,(H,22,23)(H2,17,24,25)(H,18,19,21). The van der Waals surface area contributed by atoms with Crippen LogP contribution in [-0.2, 0) is 96.7 Å². The summed E-state index contributed by atoms with van der Waals surface area (Å²) < 4.78 is 23.0. The summed E-state index contributed by atoms with van der Waals surface area (Å²) in [5, 5.41) is 51.0. The number of hydrogen-bond acceptors (Lipinski definition) is 32. The number of carboxylic acids is 3. The number of carbonyl (C=O) groups is 5. The van der Waals surface area contributed by atoms with Crippen molar-refractivity contribution in [3.63, 3.8) is 0 Å². The fourth-order valence-corrected chi connectivity index (χ4v) is 20.6. The first-order valence-corrected chi connectivity index (χ1v) is 45.8. The van der Waals surface area contributed by atoms with Crippen molar-refractivity contribution in [2.45, 2.75) is 137 Å². The number of benzene rings is 5. The van der Waals surface area contributed by atoms with Crippen LogP contribution in [0.3, 0.4) is 0 Å². The fourth-order valence-electron chi connectivity index (χ4n) is 15.1. The van der Waals surface area contributed by atoms with Gasteiger partial charge in [0.2, 0.25) is 54.8 Å². The van der Waals surface area contributed by atoms with Gasteiger partial charge in [-0.05, 0) is 248 Å². The van der Waals surface area contributed by atoms with Crippen molar-refractivity contribution >= 4 is 154 Å². The number of carbonyl (C=O) groups excluding carboxylic acids is 2. The molecule has 10 heterocycles. The number of thiazole rings is 5. The van der Waals surface area contributed by atoms with Gasteiger partial charge in [0.25, 0.3) is 0 Å². The van der Waals surface area contributed by atoms with Crippen LogP contribution in [0.5, 0.6) is 0 Å². The van der Waals surface area contributed by atoms with Gasteiger partial charge in [0.15, 0.2) is 0 Å². The molecule has 0 unspecified atom stereocenters. The maximum absolute atomic E-state index is 11.5. The molecule has 20 rings (SSSR count). The number of sulfonamides is 1. The molecule has 0 atom stereocenters. The van der Waals surface area contributed by atoms with Gasteiger partial charge in [0, 0.05) is 72.3 Å². The maximum Gasteiger partial charge on any atom is 0.365 e. The van der Waals surface area contributed by atoms with Crippen LogP contribution >= 0.6 is 56.7 Å². The van der Waals surface area contributed by atoms with Crippen molar-refractivity contribution in [3.8, 4) is 52.9 Å². The molecule has 31 nitrogen and oxygen atoms in total. The number of nitrogens with zero attached hydrogens (tertiary/aromatic N) is 15. The number of ketones is 2. The zero-order valence-corrected chi connectivity index (χ0v) is 74.6. The summed E-state index contributed by atoms with van der Waals surface area (Å²) in [5.74, 6) is -0.436. The highest BCUT2D eigenvalue weighted by molar-refractivity contribution is 7.89. The molecule has 5 aliphatic carbocycles. The Morgan fingerprint density at radius 2 is 0.606 bits per heavy atom. The molecule has 10 aromatic heterocycles. The number of aryl methyl sites for hydroxylation is 16. The van der Waals surface area contributed by atoms with Gasteiger partial charge in [-0.3, -0.25) is 9.59 Å². The third-order valence-corrected chi connectivity index (χ3v) is 26.7. The minimum absolute atomic E-state index is 0.0266. The van der Waals surface area contributed by atoms with E-state index in [-0.39, 0.29) is 37.4 Å². The molecular weight excluding hydrogens is 1730 g/mol. The molecule has 0 aliphatic heterocycles. The monoisotopic (exact) mass is 1810 g/mol. The number of anilines is 10. The number of nitrogens with one attached hydrogen (secondary N) is 5. The minimum atomic E-state index is -3.82. The van der Waals surface area contributed by atoms with Crippen molar-refractivity contribution in [2.75, 3.05) is 26.6 Å².